The lowest BCUT2D eigenvalue weighted by Gasteiger charge is -2.08. The average Bonchev–Trinajstić information content (AvgIpc) is 3.16. The van der Waals surface area contributed by atoms with E-state index in [2.05, 4.69) is 16.9 Å². The Morgan fingerprint density at radius 3 is 2.70 bits per heavy atom. The van der Waals surface area contributed by atoms with Crippen molar-refractivity contribution in [3.8, 4) is 16.3 Å². The molecule has 3 rings (SSSR count). The predicted molar refractivity (Wildman–Crippen MR) is 111 cm³/mol. The number of hydrogen-bond acceptors (Lipinski definition) is 4. The molecule has 0 unspecified atom stereocenters. The van der Waals surface area contributed by atoms with Gasteiger partial charge in [0.25, 0.3) is 5.91 Å². The topological polar surface area (TPSA) is 51.2 Å². The minimum Gasteiger partial charge on any atom is -0.489 e. The Labute approximate surface area is 171 Å². The van der Waals surface area contributed by atoms with E-state index in [1.165, 1.54) is 11.3 Å². The molecule has 0 bridgehead atoms. The molecule has 3 aromatic rings. The molecule has 0 fully saturated rings. The van der Waals surface area contributed by atoms with Crippen LogP contribution in [0.25, 0.3) is 10.6 Å². The number of nitrogens with one attached hydrogen (secondary N) is 1. The molecule has 0 atom stereocenters. The lowest BCUT2D eigenvalue weighted by Crippen LogP contribution is -2.23. The van der Waals surface area contributed by atoms with Gasteiger partial charge in [0, 0.05) is 33.1 Å². The molecule has 0 aliphatic rings. The van der Waals surface area contributed by atoms with Crippen LogP contribution in [0, 0.1) is 0 Å². The van der Waals surface area contributed by atoms with Crippen LogP contribution >= 0.6 is 34.5 Å². The van der Waals surface area contributed by atoms with Crippen molar-refractivity contribution in [1.82, 2.24) is 10.3 Å². The van der Waals surface area contributed by atoms with E-state index in [4.69, 9.17) is 27.9 Å². The number of hydrogen-bond donors (Lipinski definition) is 1. The van der Waals surface area contributed by atoms with Gasteiger partial charge in [-0.25, -0.2) is 4.98 Å². The van der Waals surface area contributed by atoms with Crippen LogP contribution in [0.4, 0.5) is 0 Å². The van der Waals surface area contributed by atoms with Crippen molar-refractivity contribution in [2.75, 3.05) is 6.54 Å². The molecule has 1 amide bonds. The lowest BCUT2D eigenvalue weighted by atomic mass is 10.2. The minimum atomic E-state index is -0.211. The second-order valence-electron chi connectivity index (χ2n) is 5.59. The summed E-state index contributed by atoms with van der Waals surface area (Å²) in [5, 5.41) is 6.38. The average molecular weight is 419 g/mol. The van der Waals surface area contributed by atoms with E-state index in [9.17, 15) is 4.79 Å². The number of aromatic nitrogens is 1. The Bertz CT molecular complexity index is 955. The van der Waals surface area contributed by atoms with Crippen molar-refractivity contribution in [3.63, 3.8) is 0 Å². The van der Waals surface area contributed by atoms with Crippen LogP contribution in [0.2, 0.25) is 10.0 Å². The number of thiazole rings is 1. The number of benzene rings is 2. The highest BCUT2D eigenvalue weighted by Crippen LogP contribution is 2.27. The van der Waals surface area contributed by atoms with Crippen molar-refractivity contribution >= 4 is 40.4 Å². The maximum Gasteiger partial charge on any atom is 0.271 e. The van der Waals surface area contributed by atoms with Gasteiger partial charge < -0.3 is 10.1 Å². The number of nitrogens with zero attached hydrogens (tertiary/aromatic N) is 1. The lowest BCUT2D eigenvalue weighted by molar-refractivity contribution is 0.0954. The summed E-state index contributed by atoms with van der Waals surface area (Å²) in [6, 6.07) is 12.8. The van der Waals surface area contributed by atoms with E-state index >= 15 is 0 Å². The molecule has 0 aliphatic carbocycles. The molecule has 0 spiro atoms. The van der Waals surface area contributed by atoms with Crippen molar-refractivity contribution in [2.24, 2.45) is 0 Å². The second kappa shape index (κ2) is 9.04. The number of ether oxygens (including phenoxy) is 1. The van der Waals surface area contributed by atoms with Gasteiger partial charge in [-0.2, -0.15) is 0 Å². The molecule has 1 heterocycles. The molecule has 1 N–H and O–H groups in total. The zero-order valence-electron chi connectivity index (χ0n) is 14.2. The van der Waals surface area contributed by atoms with E-state index in [-0.39, 0.29) is 5.91 Å². The number of carbonyl (C=O) groups is 1. The van der Waals surface area contributed by atoms with Crippen molar-refractivity contribution < 1.29 is 9.53 Å². The fraction of sp³-hybridized carbons (Fsp3) is 0.100. The summed E-state index contributed by atoms with van der Waals surface area (Å²) in [5.74, 6) is 0.502. The summed E-state index contributed by atoms with van der Waals surface area (Å²) in [5.41, 5.74) is 2.18. The van der Waals surface area contributed by atoms with Crippen molar-refractivity contribution in [1.29, 1.82) is 0 Å². The van der Waals surface area contributed by atoms with Gasteiger partial charge in [0.05, 0.1) is 0 Å². The highest BCUT2D eigenvalue weighted by Gasteiger charge is 2.11. The molecular formula is C20H16Cl2N2O2S. The van der Waals surface area contributed by atoms with Crippen molar-refractivity contribution in [2.45, 2.75) is 6.61 Å². The van der Waals surface area contributed by atoms with Crippen LogP contribution in [-0.2, 0) is 6.61 Å². The number of halogens is 2. The molecule has 0 saturated heterocycles. The largest absolute Gasteiger partial charge is 0.489 e. The molecule has 0 aliphatic heterocycles. The zero-order chi connectivity index (χ0) is 19.2. The molecule has 138 valence electrons. The molecule has 4 nitrogen and oxygen atoms in total. The van der Waals surface area contributed by atoms with E-state index in [0.29, 0.717) is 34.6 Å². The third kappa shape index (κ3) is 5.10. The molecular weight excluding hydrogens is 403 g/mol. The molecule has 27 heavy (non-hydrogen) atoms. The summed E-state index contributed by atoms with van der Waals surface area (Å²) >= 11 is 13.5. The van der Waals surface area contributed by atoms with Gasteiger partial charge in [-0.15, -0.1) is 17.9 Å². The maximum absolute atomic E-state index is 11.9. The Balaban J connectivity index is 1.64. The van der Waals surface area contributed by atoms with Gasteiger partial charge in [-0.05, 0) is 36.4 Å². The monoisotopic (exact) mass is 418 g/mol. The van der Waals surface area contributed by atoms with Crippen LogP contribution in [0.3, 0.4) is 0 Å². The van der Waals surface area contributed by atoms with E-state index in [1.807, 2.05) is 30.3 Å². The highest BCUT2D eigenvalue weighted by molar-refractivity contribution is 7.13. The first-order valence-electron chi connectivity index (χ1n) is 8.08. The first-order valence-corrected chi connectivity index (χ1v) is 9.72. The zero-order valence-corrected chi connectivity index (χ0v) is 16.6. The smallest absolute Gasteiger partial charge is 0.271 e. The van der Waals surface area contributed by atoms with Crippen molar-refractivity contribution in [3.05, 3.63) is 81.8 Å². The van der Waals surface area contributed by atoms with Gasteiger partial charge in [-0.3, -0.25) is 4.79 Å². The third-order valence-corrected chi connectivity index (χ3v) is 5.13. The maximum atomic E-state index is 11.9. The summed E-state index contributed by atoms with van der Waals surface area (Å²) < 4.78 is 5.77. The fourth-order valence-electron chi connectivity index (χ4n) is 2.26. The third-order valence-electron chi connectivity index (χ3n) is 3.65. The Kier molecular flexibility index (Phi) is 6.50. The van der Waals surface area contributed by atoms with E-state index in [0.717, 1.165) is 16.1 Å². The Hall–Kier alpha value is -2.34. The molecule has 2 aromatic carbocycles. The first-order chi connectivity index (χ1) is 13.1. The van der Waals surface area contributed by atoms with Crippen LogP contribution in [0.5, 0.6) is 5.75 Å². The summed E-state index contributed by atoms with van der Waals surface area (Å²) in [6.07, 6.45) is 1.63. The van der Waals surface area contributed by atoms with Gasteiger partial charge >= 0.3 is 0 Å². The number of rotatable bonds is 7. The minimum absolute atomic E-state index is 0.211. The predicted octanol–water partition coefficient (Wildman–Crippen LogP) is 5.61. The van der Waals surface area contributed by atoms with Crippen LogP contribution in [-0.4, -0.2) is 17.4 Å². The molecule has 7 heteroatoms. The summed E-state index contributed by atoms with van der Waals surface area (Å²) in [7, 11) is 0. The normalized spacial score (nSPS) is 10.4. The van der Waals surface area contributed by atoms with Gasteiger partial charge in [0.2, 0.25) is 0 Å². The van der Waals surface area contributed by atoms with E-state index in [1.54, 1.807) is 23.6 Å². The second-order valence-corrected chi connectivity index (χ2v) is 7.29. The Morgan fingerprint density at radius 2 is 2.00 bits per heavy atom. The quantitative estimate of drug-likeness (QED) is 0.507. The van der Waals surface area contributed by atoms with Crippen LogP contribution in [0.1, 0.15) is 16.1 Å². The number of carbonyl (C=O) groups excluding carboxylic acids is 1. The summed E-state index contributed by atoms with van der Waals surface area (Å²) in [4.78, 5) is 16.3. The first kappa shape index (κ1) is 19.4. The standard InChI is InChI=1S/C20H16Cl2N2O2S/c1-2-9-23-19(25)18-12-27-20(24-18)13-4-7-16(8-5-13)26-11-14-3-6-15(21)10-17(14)22/h2-8,10,12H,1,9,11H2,(H,23,25). The number of amides is 1. The van der Waals surface area contributed by atoms with Gasteiger partial charge in [0.15, 0.2) is 0 Å². The van der Waals surface area contributed by atoms with Crippen LogP contribution < -0.4 is 10.1 Å². The fourth-order valence-corrected chi connectivity index (χ4v) is 3.53. The summed E-state index contributed by atoms with van der Waals surface area (Å²) in [6.45, 7) is 4.33. The Morgan fingerprint density at radius 1 is 1.22 bits per heavy atom. The van der Waals surface area contributed by atoms with E-state index < -0.39 is 0 Å². The molecule has 1 aromatic heterocycles. The molecule has 0 saturated carbocycles. The SMILES string of the molecule is C=CCNC(=O)c1csc(-c2ccc(OCc3ccc(Cl)cc3Cl)cc2)n1. The molecule has 0 radical (unpaired) electrons. The van der Waals surface area contributed by atoms with Gasteiger partial charge in [-0.1, -0.05) is 35.3 Å². The highest BCUT2D eigenvalue weighted by atomic mass is 35.5. The van der Waals surface area contributed by atoms with Crippen LogP contribution in [0.15, 0.2) is 60.5 Å². The van der Waals surface area contributed by atoms with Gasteiger partial charge in [0.1, 0.15) is 23.1 Å².